The second-order valence-electron chi connectivity index (χ2n) is 7.39. The van der Waals surface area contributed by atoms with E-state index in [0.29, 0.717) is 10.2 Å². The fraction of sp³-hybridized carbons (Fsp3) is 0.409. The molecule has 0 N–H and O–H groups in total. The molecule has 1 aliphatic rings. The number of nitrogens with zero attached hydrogens (tertiary/aromatic N) is 2. The molecular weight excluding hydrogens is 388 g/mol. The molecule has 7 heteroatoms. The van der Waals surface area contributed by atoms with Crippen molar-refractivity contribution in [2.75, 3.05) is 7.11 Å². The lowest BCUT2D eigenvalue weighted by Gasteiger charge is -2.24. The molecule has 3 aromatic rings. The number of esters is 1. The zero-order valence-corrected chi connectivity index (χ0v) is 17.4. The summed E-state index contributed by atoms with van der Waals surface area (Å²) in [7, 11) is 1.62. The average Bonchev–Trinajstić information content (AvgIpc) is 3.19. The van der Waals surface area contributed by atoms with Crippen LogP contribution in [0.3, 0.4) is 0 Å². The Balaban J connectivity index is 1.66. The molecule has 152 valence electrons. The lowest BCUT2D eigenvalue weighted by Crippen LogP contribution is -2.32. The molecule has 0 amide bonds. The van der Waals surface area contributed by atoms with E-state index in [4.69, 9.17) is 9.47 Å². The highest BCUT2D eigenvalue weighted by Crippen LogP contribution is 2.32. The molecule has 0 spiro atoms. The molecule has 0 unspecified atom stereocenters. The van der Waals surface area contributed by atoms with Crippen LogP contribution in [0.2, 0.25) is 0 Å². The lowest BCUT2D eigenvalue weighted by molar-refractivity contribution is -0.154. The van der Waals surface area contributed by atoms with Gasteiger partial charge in [-0.05, 0) is 50.3 Å². The fourth-order valence-electron chi connectivity index (χ4n) is 3.76. The van der Waals surface area contributed by atoms with Crippen LogP contribution in [-0.4, -0.2) is 28.7 Å². The van der Waals surface area contributed by atoms with Gasteiger partial charge in [0.1, 0.15) is 22.7 Å². The molecule has 0 radical (unpaired) electrons. The van der Waals surface area contributed by atoms with Gasteiger partial charge in [0.15, 0.2) is 0 Å². The summed E-state index contributed by atoms with van der Waals surface area (Å²) in [6.45, 7) is 1.69. The molecule has 1 aliphatic carbocycles. The summed E-state index contributed by atoms with van der Waals surface area (Å²) in [6, 6.07) is 6.83. The van der Waals surface area contributed by atoms with Gasteiger partial charge in [-0.25, -0.2) is 9.78 Å². The molecule has 4 rings (SSSR count). The number of carbonyl (C=O) groups is 1. The van der Waals surface area contributed by atoms with Gasteiger partial charge in [-0.1, -0.05) is 18.6 Å². The molecule has 0 saturated heterocycles. The van der Waals surface area contributed by atoms with Crippen molar-refractivity contribution in [3.05, 3.63) is 46.3 Å². The Morgan fingerprint density at radius 2 is 1.93 bits per heavy atom. The van der Waals surface area contributed by atoms with Crippen molar-refractivity contribution in [2.45, 2.75) is 51.2 Å². The third kappa shape index (κ3) is 3.92. The van der Waals surface area contributed by atoms with E-state index in [1.807, 2.05) is 29.6 Å². The number of methoxy groups -OCH3 is 1. The highest BCUT2D eigenvalue weighted by atomic mass is 32.1. The van der Waals surface area contributed by atoms with E-state index in [2.05, 4.69) is 4.98 Å². The maximum Gasteiger partial charge on any atom is 0.329 e. The van der Waals surface area contributed by atoms with E-state index in [0.717, 1.165) is 42.6 Å². The summed E-state index contributed by atoms with van der Waals surface area (Å²) in [5, 5.41) is 2.45. The SMILES string of the molecule is COc1ccc(-c2csc3ncn([C@@H](C)C(=O)OC4CCCCC4)c(=O)c23)cc1. The highest BCUT2D eigenvalue weighted by molar-refractivity contribution is 7.17. The van der Waals surface area contributed by atoms with Crippen LogP contribution in [0.15, 0.2) is 40.8 Å². The Morgan fingerprint density at radius 1 is 1.21 bits per heavy atom. The number of thiophene rings is 1. The van der Waals surface area contributed by atoms with Gasteiger partial charge in [0.05, 0.1) is 18.8 Å². The van der Waals surface area contributed by atoms with Crippen LogP contribution < -0.4 is 10.3 Å². The molecular formula is C22H24N2O4S. The first-order valence-corrected chi connectivity index (χ1v) is 10.8. The first-order valence-electron chi connectivity index (χ1n) is 9.91. The van der Waals surface area contributed by atoms with Gasteiger partial charge in [0.2, 0.25) is 0 Å². The lowest BCUT2D eigenvalue weighted by atomic mass is 9.98. The number of carbonyl (C=O) groups excluding carboxylic acids is 1. The van der Waals surface area contributed by atoms with Crippen molar-refractivity contribution in [1.29, 1.82) is 0 Å². The van der Waals surface area contributed by atoms with Crippen molar-refractivity contribution in [3.8, 4) is 16.9 Å². The topological polar surface area (TPSA) is 70.4 Å². The number of benzene rings is 1. The van der Waals surface area contributed by atoms with E-state index in [1.165, 1.54) is 28.7 Å². The summed E-state index contributed by atoms with van der Waals surface area (Å²) < 4.78 is 12.3. The van der Waals surface area contributed by atoms with Crippen molar-refractivity contribution in [3.63, 3.8) is 0 Å². The van der Waals surface area contributed by atoms with Crippen LogP contribution in [0.5, 0.6) is 5.75 Å². The van der Waals surface area contributed by atoms with Gasteiger partial charge in [-0.3, -0.25) is 9.36 Å². The number of hydrogen-bond acceptors (Lipinski definition) is 6. The van der Waals surface area contributed by atoms with E-state index in [1.54, 1.807) is 14.0 Å². The monoisotopic (exact) mass is 412 g/mol. The summed E-state index contributed by atoms with van der Waals surface area (Å²) >= 11 is 1.42. The Labute approximate surface area is 173 Å². The van der Waals surface area contributed by atoms with E-state index < -0.39 is 6.04 Å². The molecule has 1 aromatic carbocycles. The minimum Gasteiger partial charge on any atom is -0.497 e. The Morgan fingerprint density at radius 3 is 2.62 bits per heavy atom. The number of hydrogen-bond donors (Lipinski definition) is 0. The summed E-state index contributed by atoms with van der Waals surface area (Å²) in [5.41, 5.74) is 1.49. The van der Waals surface area contributed by atoms with Crippen LogP contribution in [0.4, 0.5) is 0 Å². The van der Waals surface area contributed by atoms with Gasteiger partial charge >= 0.3 is 5.97 Å². The second-order valence-corrected chi connectivity index (χ2v) is 8.25. The van der Waals surface area contributed by atoms with Crippen LogP contribution in [0.1, 0.15) is 45.1 Å². The van der Waals surface area contributed by atoms with Gasteiger partial charge in [0, 0.05) is 10.9 Å². The van der Waals surface area contributed by atoms with E-state index in [9.17, 15) is 9.59 Å². The molecule has 2 aromatic heterocycles. The fourth-order valence-corrected chi connectivity index (χ4v) is 4.67. The van der Waals surface area contributed by atoms with Crippen LogP contribution in [0.25, 0.3) is 21.3 Å². The quantitative estimate of drug-likeness (QED) is 0.574. The molecule has 1 fully saturated rings. The Bertz CT molecular complexity index is 1060. The van der Waals surface area contributed by atoms with Gasteiger partial charge < -0.3 is 9.47 Å². The molecule has 1 atom stereocenters. The van der Waals surface area contributed by atoms with Crippen LogP contribution >= 0.6 is 11.3 Å². The predicted octanol–water partition coefficient (Wildman–Crippen LogP) is 4.57. The van der Waals surface area contributed by atoms with Crippen molar-refractivity contribution in [1.82, 2.24) is 9.55 Å². The van der Waals surface area contributed by atoms with Gasteiger partial charge in [-0.2, -0.15) is 0 Å². The first-order chi connectivity index (χ1) is 14.1. The Kier molecular flexibility index (Phi) is 5.67. The van der Waals surface area contributed by atoms with E-state index in [-0.39, 0.29) is 17.6 Å². The van der Waals surface area contributed by atoms with E-state index >= 15 is 0 Å². The number of fused-ring (bicyclic) bond motifs is 1. The maximum atomic E-state index is 13.2. The minimum atomic E-state index is -0.718. The van der Waals surface area contributed by atoms with Crippen molar-refractivity contribution in [2.24, 2.45) is 0 Å². The standard InChI is InChI=1S/C22H24N2O4S/c1-14(22(26)28-17-6-4-3-5-7-17)24-13-23-20-19(21(24)25)18(12-29-20)15-8-10-16(27-2)11-9-15/h8-14,17H,3-7H2,1-2H3/t14-/m0/s1. The van der Waals surface area contributed by atoms with Crippen molar-refractivity contribution < 1.29 is 14.3 Å². The molecule has 29 heavy (non-hydrogen) atoms. The third-order valence-electron chi connectivity index (χ3n) is 5.51. The minimum absolute atomic E-state index is 0.0397. The average molecular weight is 413 g/mol. The Hall–Kier alpha value is -2.67. The number of rotatable bonds is 5. The molecule has 0 aliphatic heterocycles. The van der Waals surface area contributed by atoms with Crippen molar-refractivity contribution >= 4 is 27.5 Å². The molecule has 1 saturated carbocycles. The molecule has 6 nitrogen and oxygen atoms in total. The normalized spacial score (nSPS) is 15.9. The highest BCUT2D eigenvalue weighted by Gasteiger charge is 2.25. The number of ether oxygens (including phenoxy) is 2. The summed E-state index contributed by atoms with van der Waals surface area (Å²) in [5.74, 6) is 0.379. The van der Waals surface area contributed by atoms with Crippen LogP contribution in [0, 0.1) is 0 Å². The van der Waals surface area contributed by atoms with Gasteiger partial charge in [0.25, 0.3) is 5.56 Å². The largest absolute Gasteiger partial charge is 0.497 e. The third-order valence-corrected chi connectivity index (χ3v) is 6.40. The maximum absolute atomic E-state index is 13.2. The summed E-state index contributed by atoms with van der Waals surface area (Å²) in [6.07, 6.45) is 6.57. The predicted molar refractivity (Wildman–Crippen MR) is 114 cm³/mol. The van der Waals surface area contributed by atoms with Gasteiger partial charge in [-0.15, -0.1) is 11.3 Å². The zero-order chi connectivity index (χ0) is 20.4. The number of aromatic nitrogens is 2. The smallest absolute Gasteiger partial charge is 0.329 e. The molecule has 0 bridgehead atoms. The van der Waals surface area contributed by atoms with Crippen LogP contribution in [-0.2, 0) is 9.53 Å². The molecule has 2 heterocycles. The summed E-state index contributed by atoms with van der Waals surface area (Å²) in [4.78, 5) is 31.0. The second kappa shape index (κ2) is 8.37. The first kappa shape index (κ1) is 19.6. The zero-order valence-electron chi connectivity index (χ0n) is 16.6.